The molecule has 8 heteroatoms. The predicted molar refractivity (Wildman–Crippen MR) is 108 cm³/mol. The fraction of sp³-hybridized carbons (Fsp3) is 0.600. The lowest BCUT2D eigenvalue weighted by atomic mass is 10.1. The van der Waals surface area contributed by atoms with Gasteiger partial charge in [-0.1, -0.05) is 29.8 Å². The van der Waals surface area contributed by atoms with Crippen LogP contribution in [0, 0.1) is 0 Å². The second-order valence-corrected chi connectivity index (χ2v) is 7.76. The fourth-order valence-electron chi connectivity index (χ4n) is 3.60. The van der Waals surface area contributed by atoms with Crippen molar-refractivity contribution in [3.63, 3.8) is 0 Å². The van der Waals surface area contributed by atoms with E-state index in [1.54, 1.807) is 0 Å². The number of ether oxygens (including phenoxy) is 1. The highest BCUT2D eigenvalue weighted by molar-refractivity contribution is 6.31. The number of nitrogens with one attached hydrogen (secondary N) is 1. The molecule has 2 amide bonds. The van der Waals surface area contributed by atoms with Gasteiger partial charge in [0.05, 0.1) is 32.3 Å². The second-order valence-electron chi connectivity index (χ2n) is 7.36. The first kappa shape index (κ1) is 21.0. The molecular formula is C20H29ClN4O3. The summed E-state index contributed by atoms with van der Waals surface area (Å²) in [5, 5.41) is 3.66. The van der Waals surface area contributed by atoms with Crippen LogP contribution in [0.4, 0.5) is 0 Å². The molecule has 2 aliphatic heterocycles. The van der Waals surface area contributed by atoms with Crippen LogP contribution in [-0.2, 0) is 14.3 Å². The zero-order chi connectivity index (χ0) is 19.9. The van der Waals surface area contributed by atoms with Gasteiger partial charge in [0.25, 0.3) is 0 Å². The lowest BCUT2D eigenvalue weighted by molar-refractivity contribution is -0.135. The number of halogens is 1. The van der Waals surface area contributed by atoms with Crippen molar-refractivity contribution in [2.45, 2.75) is 13.0 Å². The number of carbonyl (C=O) groups excluding carboxylic acids is 2. The molecule has 28 heavy (non-hydrogen) atoms. The van der Waals surface area contributed by atoms with Crippen molar-refractivity contribution in [2.75, 3.05) is 65.6 Å². The molecule has 0 saturated carbocycles. The molecule has 2 heterocycles. The van der Waals surface area contributed by atoms with E-state index in [9.17, 15) is 9.59 Å². The van der Waals surface area contributed by atoms with Crippen molar-refractivity contribution in [1.82, 2.24) is 20.0 Å². The van der Waals surface area contributed by atoms with Crippen molar-refractivity contribution in [1.29, 1.82) is 0 Å². The summed E-state index contributed by atoms with van der Waals surface area (Å²) in [6, 6.07) is 7.40. The molecule has 1 atom stereocenters. The van der Waals surface area contributed by atoms with Crippen LogP contribution >= 0.6 is 11.6 Å². The van der Waals surface area contributed by atoms with E-state index < -0.39 is 0 Å². The summed E-state index contributed by atoms with van der Waals surface area (Å²) in [6.45, 7) is 8.50. The number of nitrogens with zero attached hydrogens (tertiary/aromatic N) is 3. The van der Waals surface area contributed by atoms with Gasteiger partial charge >= 0.3 is 0 Å². The van der Waals surface area contributed by atoms with Crippen molar-refractivity contribution in [3.8, 4) is 0 Å². The van der Waals surface area contributed by atoms with E-state index in [2.05, 4.69) is 15.1 Å². The van der Waals surface area contributed by atoms with Gasteiger partial charge in [-0.05, 0) is 18.6 Å². The van der Waals surface area contributed by atoms with Gasteiger partial charge in [0, 0.05) is 44.3 Å². The summed E-state index contributed by atoms with van der Waals surface area (Å²) < 4.78 is 5.32. The lowest BCUT2D eigenvalue weighted by Crippen LogP contribution is -2.53. The Hall–Kier alpha value is -1.67. The molecule has 154 valence electrons. The highest BCUT2D eigenvalue weighted by Gasteiger charge is 2.24. The third kappa shape index (κ3) is 5.91. The Morgan fingerprint density at radius 1 is 1.04 bits per heavy atom. The highest BCUT2D eigenvalue weighted by Crippen LogP contribution is 2.22. The Morgan fingerprint density at radius 3 is 2.36 bits per heavy atom. The summed E-state index contributed by atoms with van der Waals surface area (Å²) >= 11 is 6.20. The van der Waals surface area contributed by atoms with Crippen molar-refractivity contribution >= 4 is 23.4 Å². The van der Waals surface area contributed by atoms with Crippen molar-refractivity contribution in [3.05, 3.63) is 34.9 Å². The van der Waals surface area contributed by atoms with Crippen LogP contribution < -0.4 is 5.32 Å². The maximum atomic E-state index is 12.5. The average Bonchev–Trinajstić information content (AvgIpc) is 2.69. The first-order valence-corrected chi connectivity index (χ1v) is 10.2. The summed E-state index contributed by atoms with van der Waals surface area (Å²) in [5.74, 6) is 0.138. The third-order valence-corrected chi connectivity index (χ3v) is 5.65. The van der Waals surface area contributed by atoms with Crippen LogP contribution in [0.5, 0.6) is 0 Å². The molecule has 2 saturated heterocycles. The highest BCUT2D eigenvalue weighted by atomic mass is 35.5. The Balaban J connectivity index is 1.39. The summed E-state index contributed by atoms with van der Waals surface area (Å²) in [4.78, 5) is 31.0. The Morgan fingerprint density at radius 2 is 1.68 bits per heavy atom. The van der Waals surface area contributed by atoms with Crippen molar-refractivity contribution < 1.29 is 14.3 Å². The largest absolute Gasteiger partial charge is 0.379 e. The molecule has 2 aliphatic rings. The Kier molecular flexibility index (Phi) is 7.67. The maximum absolute atomic E-state index is 12.5. The molecule has 2 fully saturated rings. The van der Waals surface area contributed by atoms with E-state index in [1.165, 1.54) is 0 Å². The number of hydrogen-bond donors (Lipinski definition) is 1. The van der Waals surface area contributed by atoms with Crippen LogP contribution in [0.25, 0.3) is 0 Å². The van der Waals surface area contributed by atoms with Gasteiger partial charge in [-0.3, -0.25) is 19.4 Å². The minimum Gasteiger partial charge on any atom is -0.379 e. The monoisotopic (exact) mass is 408 g/mol. The molecule has 0 aromatic heterocycles. The van der Waals surface area contributed by atoms with Gasteiger partial charge in [-0.2, -0.15) is 0 Å². The van der Waals surface area contributed by atoms with Gasteiger partial charge in [0.2, 0.25) is 11.8 Å². The topological polar surface area (TPSA) is 65.1 Å². The van der Waals surface area contributed by atoms with E-state index in [1.807, 2.05) is 36.1 Å². The van der Waals surface area contributed by atoms with E-state index in [4.69, 9.17) is 16.3 Å². The molecular weight excluding hydrogens is 380 g/mol. The van der Waals surface area contributed by atoms with E-state index in [0.29, 0.717) is 57.5 Å². The van der Waals surface area contributed by atoms with Gasteiger partial charge in [-0.25, -0.2) is 0 Å². The van der Waals surface area contributed by atoms with E-state index in [0.717, 1.165) is 18.7 Å². The third-order valence-electron chi connectivity index (χ3n) is 5.30. The quantitative estimate of drug-likeness (QED) is 0.760. The smallest absolute Gasteiger partial charge is 0.236 e. The number of amides is 2. The Bertz CT molecular complexity index is 673. The zero-order valence-corrected chi connectivity index (χ0v) is 17.2. The summed E-state index contributed by atoms with van der Waals surface area (Å²) in [5.41, 5.74) is 0.913. The van der Waals surface area contributed by atoms with Crippen LogP contribution in [0.1, 0.15) is 18.5 Å². The first-order valence-electron chi connectivity index (χ1n) is 9.87. The number of morpholine rings is 1. The number of hydrogen-bond acceptors (Lipinski definition) is 5. The van der Waals surface area contributed by atoms with E-state index >= 15 is 0 Å². The standard InChI is InChI=1S/C20H29ClN4O3/c1-16(17-4-2-3-5-18(17)21)22-19(26)14-23-6-8-25(9-7-23)20(27)15-24-10-12-28-13-11-24/h2-5,16H,6-15H2,1H3,(H,22,26). The van der Waals surface area contributed by atoms with Crippen LogP contribution in [-0.4, -0.2) is 92.1 Å². The SMILES string of the molecule is CC(NC(=O)CN1CCN(C(=O)CN2CCOCC2)CC1)c1ccccc1Cl. The van der Waals surface area contributed by atoms with Crippen LogP contribution in [0.15, 0.2) is 24.3 Å². The molecule has 3 rings (SSSR count). The molecule has 1 aromatic rings. The normalized spacial score (nSPS) is 20.0. The van der Waals surface area contributed by atoms with Crippen molar-refractivity contribution in [2.24, 2.45) is 0 Å². The molecule has 1 aromatic carbocycles. The minimum atomic E-state index is -0.141. The number of piperazine rings is 1. The molecule has 1 N–H and O–H groups in total. The van der Waals surface area contributed by atoms with Gasteiger partial charge in [0.15, 0.2) is 0 Å². The molecule has 0 spiro atoms. The van der Waals surface area contributed by atoms with E-state index in [-0.39, 0.29) is 17.9 Å². The molecule has 1 unspecified atom stereocenters. The zero-order valence-electron chi connectivity index (χ0n) is 16.4. The fourth-order valence-corrected chi connectivity index (χ4v) is 3.90. The molecule has 7 nitrogen and oxygen atoms in total. The first-order chi connectivity index (χ1) is 13.5. The average molecular weight is 409 g/mol. The second kappa shape index (κ2) is 10.2. The summed E-state index contributed by atoms with van der Waals surface area (Å²) in [7, 11) is 0. The van der Waals surface area contributed by atoms with Gasteiger partial charge in [0.1, 0.15) is 0 Å². The van der Waals surface area contributed by atoms with Crippen LogP contribution in [0.2, 0.25) is 5.02 Å². The van der Waals surface area contributed by atoms with Crippen LogP contribution in [0.3, 0.4) is 0 Å². The maximum Gasteiger partial charge on any atom is 0.236 e. The summed E-state index contributed by atoms with van der Waals surface area (Å²) in [6.07, 6.45) is 0. The number of carbonyl (C=O) groups is 2. The minimum absolute atomic E-state index is 0.0273. The number of benzene rings is 1. The Labute approximate surface area is 171 Å². The van der Waals surface area contributed by atoms with Gasteiger partial charge in [-0.15, -0.1) is 0 Å². The predicted octanol–water partition coefficient (Wildman–Crippen LogP) is 0.994. The molecule has 0 aliphatic carbocycles. The lowest BCUT2D eigenvalue weighted by Gasteiger charge is -2.36. The molecule has 0 bridgehead atoms. The number of rotatable bonds is 6. The van der Waals surface area contributed by atoms with Gasteiger partial charge < -0.3 is 15.0 Å². The molecule has 0 radical (unpaired) electrons.